The van der Waals surface area contributed by atoms with Gasteiger partial charge in [-0.15, -0.1) is 13.2 Å². The first-order chi connectivity index (χ1) is 5.64. The summed E-state index contributed by atoms with van der Waals surface area (Å²) < 4.78 is 8.88. The van der Waals surface area contributed by atoms with Crippen molar-refractivity contribution in [2.24, 2.45) is 0 Å². The van der Waals surface area contributed by atoms with Crippen LogP contribution in [0.25, 0.3) is 0 Å². The van der Waals surface area contributed by atoms with Gasteiger partial charge in [-0.1, -0.05) is 6.58 Å². The maximum Gasteiger partial charge on any atom is 0.466 e. The molecule has 0 aromatic heterocycles. The Hall–Kier alpha value is -0.940. The standard InChI is InChI=1S/C4H6O2.C2H4.H3O4P/c1-3(2)4(5)6;1-2;1-5(2,3)4/h1H2,2H3,(H,5,6);1-2H2;(H3,1,2,3,4). The molecule has 4 N–H and O–H groups in total. The van der Waals surface area contributed by atoms with Crippen molar-refractivity contribution in [1.82, 2.24) is 0 Å². The lowest BCUT2D eigenvalue weighted by molar-refractivity contribution is -0.132. The highest BCUT2D eigenvalue weighted by Gasteiger charge is 2.00. The van der Waals surface area contributed by atoms with Gasteiger partial charge in [-0.25, -0.2) is 9.36 Å². The maximum atomic E-state index is 9.60. The summed E-state index contributed by atoms with van der Waals surface area (Å²) in [4.78, 5) is 31.2. The highest BCUT2D eigenvalue weighted by molar-refractivity contribution is 7.45. The van der Waals surface area contributed by atoms with Gasteiger partial charge in [0.25, 0.3) is 0 Å². The highest BCUT2D eigenvalue weighted by Crippen LogP contribution is 2.25. The molecule has 0 atom stereocenters. The van der Waals surface area contributed by atoms with Crippen LogP contribution < -0.4 is 0 Å². The molecule has 0 amide bonds. The first-order valence-electron chi connectivity index (χ1n) is 2.81. The minimum atomic E-state index is -4.64. The molecule has 78 valence electrons. The SMILES string of the molecule is C=C.C=C(C)C(=O)O.O=P(O)(O)O. The fourth-order valence-electron chi connectivity index (χ4n) is 0. The summed E-state index contributed by atoms with van der Waals surface area (Å²) in [5, 5.41) is 7.89. The minimum absolute atomic E-state index is 0.176. The van der Waals surface area contributed by atoms with Crippen LogP contribution in [0.2, 0.25) is 0 Å². The molecule has 0 spiro atoms. The van der Waals surface area contributed by atoms with Crippen molar-refractivity contribution in [2.45, 2.75) is 6.92 Å². The molecule has 0 aliphatic rings. The molecule has 0 aromatic carbocycles. The number of carboxylic acids is 1. The third-order valence-electron chi connectivity index (χ3n) is 0.365. The Morgan fingerprint density at radius 2 is 1.31 bits per heavy atom. The van der Waals surface area contributed by atoms with E-state index in [0.29, 0.717) is 0 Å². The van der Waals surface area contributed by atoms with Crippen LogP contribution in [-0.2, 0) is 9.36 Å². The molecule has 0 aliphatic heterocycles. The van der Waals surface area contributed by atoms with E-state index in [4.69, 9.17) is 24.4 Å². The lowest BCUT2D eigenvalue weighted by Gasteiger charge is -1.82. The Kier molecular flexibility index (Phi) is 12.7. The molecule has 0 aromatic rings. The number of phosphoric acid groups is 1. The lowest BCUT2D eigenvalue weighted by atomic mass is 10.4. The average Bonchev–Trinajstić information content (AvgIpc) is 1.88. The largest absolute Gasteiger partial charge is 0.478 e. The van der Waals surface area contributed by atoms with Crippen LogP contribution in [0.3, 0.4) is 0 Å². The van der Waals surface area contributed by atoms with E-state index < -0.39 is 13.8 Å². The summed E-state index contributed by atoms with van der Waals surface area (Å²) in [5.74, 6) is -0.935. The number of rotatable bonds is 1. The van der Waals surface area contributed by atoms with Crippen LogP contribution >= 0.6 is 7.82 Å². The van der Waals surface area contributed by atoms with Gasteiger partial charge in [0.1, 0.15) is 0 Å². The summed E-state index contributed by atoms with van der Waals surface area (Å²) in [7, 11) is -4.64. The Morgan fingerprint density at radius 3 is 1.31 bits per heavy atom. The van der Waals surface area contributed by atoms with E-state index in [-0.39, 0.29) is 5.57 Å². The molecule has 0 radical (unpaired) electrons. The summed E-state index contributed by atoms with van der Waals surface area (Å²) >= 11 is 0. The van der Waals surface area contributed by atoms with E-state index >= 15 is 0 Å². The second kappa shape index (κ2) is 9.15. The number of hydrogen-bond donors (Lipinski definition) is 4. The summed E-state index contributed by atoms with van der Waals surface area (Å²) in [5.41, 5.74) is 0.176. The first-order valence-corrected chi connectivity index (χ1v) is 4.38. The van der Waals surface area contributed by atoms with Gasteiger partial charge in [-0.3, -0.25) is 0 Å². The van der Waals surface area contributed by atoms with Crippen molar-refractivity contribution < 1.29 is 29.1 Å². The number of carboxylic acid groups (broad SMARTS) is 1. The lowest BCUT2D eigenvalue weighted by Crippen LogP contribution is -1.92. The summed E-state index contributed by atoms with van der Waals surface area (Å²) in [6, 6.07) is 0. The van der Waals surface area contributed by atoms with Crippen LogP contribution in [0.15, 0.2) is 25.3 Å². The molecule has 0 rings (SSSR count). The molecular formula is C6H13O6P. The molecule has 0 saturated carbocycles. The predicted octanol–water partition coefficient (Wildman–Crippen LogP) is 0.521. The summed E-state index contributed by atoms with van der Waals surface area (Å²) in [6.45, 7) is 10.6. The quantitative estimate of drug-likeness (QED) is 0.286. The molecule has 0 bridgehead atoms. The number of aliphatic carboxylic acids is 1. The molecule has 13 heavy (non-hydrogen) atoms. The van der Waals surface area contributed by atoms with Gasteiger partial charge in [0.2, 0.25) is 0 Å². The van der Waals surface area contributed by atoms with Crippen LogP contribution in [0.1, 0.15) is 6.92 Å². The molecule has 0 fully saturated rings. The van der Waals surface area contributed by atoms with Gasteiger partial charge in [0.15, 0.2) is 0 Å². The maximum absolute atomic E-state index is 9.60. The minimum Gasteiger partial charge on any atom is -0.478 e. The number of hydrogen-bond acceptors (Lipinski definition) is 2. The van der Waals surface area contributed by atoms with E-state index in [1.165, 1.54) is 6.92 Å². The Labute approximate surface area is 76.1 Å². The molecule has 0 aliphatic carbocycles. The smallest absolute Gasteiger partial charge is 0.466 e. The van der Waals surface area contributed by atoms with E-state index in [9.17, 15) is 4.79 Å². The van der Waals surface area contributed by atoms with Crippen LogP contribution in [0.4, 0.5) is 0 Å². The topological polar surface area (TPSA) is 115 Å². The third-order valence-corrected chi connectivity index (χ3v) is 0.365. The van der Waals surface area contributed by atoms with Crippen molar-refractivity contribution in [3.63, 3.8) is 0 Å². The van der Waals surface area contributed by atoms with Gasteiger partial charge in [-0.05, 0) is 6.92 Å². The van der Waals surface area contributed by atoms with E-state index in [1.807, 2.05) is 0 Å². The van der Waals surface area contributed by atoms with Gasteiger partial charge in [-0.2, -0.15) is 0 Å². The molecule has 6 nitrogen and oxygen atoms in total. The first kappa shape index (κ1) is 18.0. The van der Waals surface area contributed by atoms with E-state index in [2.05, 4.69) is 19.7 Å². The Morgan fingerprint density at radius 1 is 1.23 bits per heavy atom. The third kappa shape index (κ3) is 97.0. The zero-order valence-electron chi connectivity index (χ0n) is 7.17. The second-order valence-corrected chi connectivity index (χ2v) is 2.63. The zero-order valence-corrected chi connectivity index (χ0v) is 8.07. The van der Waals surface area contributed by atoms with Crippen molar-refractivity contribution >= 4 is 13.8 Å². The fraction of sp³-hybridized carbons (Fsp3) is 0.167. The Bertz CT molecular complexity index is 185. The van der Waals surface area contributed by atoms with Gasteiger partial charge >= 0.3 is 13.8 Å². The van der Waals surface area contributed by atoms with Crippen LogP contribution in [-0.4, -0.2) is 25.8 Å². The average molecular weight is 212 g/mol. The Balaban J connectivity index is -0.000000131. The highest BCUT2D eigenvalue weighted by atomic mass is 31.2. The van der Waals surface area contributed by atoms with Gasteiger partial charge in [0, 0.05) is 5.57 Å². The van der Waals surface area contributed by atoms with Crippen molar-refractivity contribution in [1.29, 1.82) is 0 Å². The molecule has 0 saturated heterocycles. The molecular weight excluding hydrogens is 199 g/mol. The summed E-state index contributed by atoms with van der Waals surface area (Å²) in [6.07, 6.45) is 0. The monoisotopic (exact) mass is 212 g/mol. The fourth-order valence-corrected chi connectivity index (χ4v) is 0. The van der Waals surface area contributed by atoms with Gasteiger partial charge in [0.05, 0.1) is 0 Å². The molecule has 0 unspecified atom stereocenters. The van der Waals surface area contributed by atoms with E-state index in [0.717, 1.165) is 0 Å². The van der Waals surface area contributed by atoms with Gasteiger partial charge < -0.3 is 19.8 Å². The zero-order chi connectivity index (χ0) is 11.7. The number of carbonyl (C=O) groups is 1. The van der Waals surface area contributed by atoms with Crippen LogP contribution in [0, 0.1) is 0 Å². The van der Waals surface area contributed by atoms with Crippen molar-refractivity contribution in [3.8, 4) is 0 Å². The second-order valence-electron chi connectivity index (χ2n) is 1.60. The van der Waals surface area contributed by atoms with Crippen LogP contribution in [0.5, 0.6) is 0 Å². The predicted molar refractivity (Wildman–Crippen MR) is 48.0 cm³/mol. The van der Waals surface area contributed by atoms with E-state index in [1.54, 1.807) is 0 Å². The van der Waals surface area contributed by atoms with Crippen molar-refractivity contribution in [2.75, 3.05) is 0 Å². The molecule has 7 heteroatoms. The molecule has 0 heterocycles. The van der Waals surface area contributed by atoms with Crippen molar-refractivity contribution in [3.05, 3.63) is 25.3 Å². The normalized spacial score (nSPS) is 8.31.